The molecule has 2 nitrogen and oxygen atoms in total. The lowest BCUT2D eigenvalue weighted by Crippen LogP contribution is -1.84. The molecule has 14 heavy (non-hydrogen) atoms. The Hall–Kier alpha value is -1.35. The Kier molecular flexibility index (Phi) is 2.50. The Morgan fingerprint density at radius 1 is 1.43 bits per heavy atom. The highest BCUT2D eigenvalue weighted by atomic mass is 32.1. The first-order chi connectivity index (χ1) is 6.79. The van der Waals surface area contributed by atoms with Gasteiger partial charge in [-0.3, -0.25) is 0 Å². The molecule has 2 N–H and O–H groups in total. The monoisotopic (exact) mass is 204 g/mol. The van der Waals surface area contributed by atoms with Crippen molar-refractivity contribution >= 4 is 17.0 Å². The van der Waals surface area contributed by atoms with Crippen LogP contribution in [0.1, 0.15) is 11.8 Å². The fraction of sp³-hybridized carbons (Fsp3) is 0.182. The molecule has 0 atom stereocenters. The van der Waals surface area contributed by atoms with E-state index in [1.165, 1.54) is 4.88 Å². The van der Waals surface area contributed by atoms with Crippen LogP contribution in [-0.2, 0) is 6.42 Å². The number of nitrogen functional groups attached to an aromatic ring is 1. The maximum absolute atomic E-state index is 5.71. The lowest BCUT2D eigenvalue weighted by molar-refractivity contribution is 1.17. The van der Waals surface area contributed by atoms with Crippen LogP contribution in [0, 0.1) is 0 Å². The molecule has 0 unspecified atom stereocenters. The van der Waals surface area contributed by atoms with Crippen molar-refractivity contribution in [2.24, 2.45) is 0 Å². The molecule has 1 aromatic heterocycles. The van der Waals surface area contributed by atoms with Gasteiger partial charge in [-0.2, -0.15) is 0 Å². The Morgan fingerprint density at radius 3 is 2.93 bits per heavy atom. The average molecular weight is 204 g/mol. The Bertz CT molecular complexity index is 434. The molecule has 0 radical (unpaired) electrons. The minimum atomic E-state index is 0.788. The van der Waals surface area contributed by atoms with E-state index in [0.717, 1.165) is 22.7 Å². The minimum absolute atomic E-state index is 0.788. The van der Waals surface area contributed by atoms with Crippen molar-refractivity contribution < 1.29 is 0 Å². The van der Waals surface area contributed by atoms with E-state index in [4.69, 9.17) is 5.73 Å². The normalized spacial score (nSPS) is 10.4. The molecule has 2 aromatic rings. The third-order valence-electron chi connectivity index (χ3n) is 2.04. The highest BCUT2D eigenvalue weighted by molar-refractivity contribution is 7.15. The summed E-state index contributed by atoms with van der Waals surface area (Å²) >= 11 is 1.73. The predicted molar refractivity (Wildman–Crippen MR) is 61.3 cm³/mol. The van der Waals surface area contributed by atoms with Crippen LogP contribution < -0.4 is 5.73 Å². The van der Waals surface area contributed by atoms with Gasteiger partial charge in [-0.15, -0.1) is 11.3 Å². The summed E-state index contributed by atoms with van der Waals surface area (Å²) in [5.74, 6) is 0. The summed E-state index contributed by atoms with van der Waals surface area (Å²) in [6, 6.07) is 7.84. The van der Waals surface area contributed by atoms with Gasteiger partial charge < -0.3 is 5.73 Å². The van der Waals surface area contributed by atoms with Crippen molar-refractivity contribution in [1.82, 2.24) is 4.98 Å². The third-order valence-corrected chi connectivity index (χ3v) is 3.23. The molecule has 0 aliphatic rings. The number of aryl methyl sites for hydroxylation is 1. The van der Waals surface area contributed by atoms with Crippen molar-refractivity contribution in [3.63, 3.8) is 0 Å². The van der Waals surface area contributed by atoms with Crippen LogP contribution in [0.3, 0.4) is 0 Å². The van der Waals surface area contributed by atoms with Crippen molar-refractivity contribution in [1.29, 1.82) is 0 Å². The van der Waals surface area contributed by atoms with Crippen molar-refractivity contribution in [3.8, 4) is 10.6 Å². The first-order valence-corrected chi connectivity index (χ1v) is 5.42. The second-order valence-electron chi connectivity index (χ2n) is 3.11. The summed E-state index contributed by atoms with van der Waals surface area (Å²) in [4.78, 5) is 5.67. The first-order valence-electron chi connectivity index (χ1n) is 4.60. The fourth-order valence-corrected chi connectivity index (χ4v) is 2.12. The largest absolute Gasteiger partial charge is 0.399 e. The molecule has 72 valence electrons. The van der Waals surface area contributed by atoms with E-state index in [2.05, 4.69) is 11.9 Å². The number of benzene rings is 1. The zero-order valence-electron chi connectivity index (χ0n) is 8.03. The molecule has 0 saturated heterocycles. The molecule has 0 bridgehead atoms. The van der Waals surface area contributed by atoms with E-state index in [-0.39, 0.29) is 0 Å². The average Bonchev–Trinajstić information content (AvgIpc) is 2.66. The van der Waals surface area contributed by atoms with Crippen LogP contribution in [0.5, 0.6) is 0 Å². The van der Waals surface area contributed by atoms with Gasteiger partial charge in [-0.25, -0.2) is 4.98 Å². The van der Waals surface area contributed by atoms with Gasteiger partial charge in [0, 0.05) is 22.3 Å². The summed E-state index contributed by atoms with van der Waals surface area (Å²) in [7, 11) is 0. The number of rotatable bonds is 2. The van der Waals surface area contributed by atoms with Crippen LogP contribution in [0.25, 0.3) is 10.6 Å². The van der Waals surface area contributed by atoms with E-state index in [1.807, 2.05) is 30.5 Å². The van der Waals surface area contributed by atoms with Crippen LogP contribution in [0.2, 0.25) is 0 Å². The van der Waals surface area contributed by atoms with E-state index < -0.39 is 0 Å². The van der Waals surface area contributed by atoms with Crippen molar-refractivity contribution in [2.45, 2.75) is 13.3 Å². The number of hydrogen-bond acceptors (Lipinski definition) is 3. The summed E-state index contributed by atoms with van der Waals surface area (Å²) in [6.45, 7) is 2.14. The Morgan fingerprint density at radius 2 is 2.29 bits per heavy atom. The molecule has 3 heteroatoms. The zero-order valence-corrected chi connectivity index (χ0v) is 8.84. The lowest BCUT2D eigenvalue weighted by Gasteiger charge is -1.96. The highest BCUT2D eigenvalue weighted by Crippen LogP contribution is 2.26. The summed E-state index contributed by atoms with van der Waals surface area (Å²) in [5.41, 5.74) is 7.61. The molecule has 1 aromatic carbocycles. The Balaban J connectivity index is 2.39. The second kappa shape index (κ2) is 3.80. The minimum Gasteiger partial charge on any atom is -0.399 e. The van der Waals surface area contributed by atoms with Gasteiger partial charge in [0.05, 0.1) is 0 Å². The first kappa shape index (κ1) is 9.21. The quantitative estimate of drug-likeness (QED) is 0.764. The van der Waals surface area contributed by atoms with Gasteiger partial charge in [0.1, 0.15) is 5.01 Å². The number of aromatic nitrogens is 1. The molecule has 0 fully saturated rings. The van der Waals surface area contributed by atoms with E-state index in [1.54, 1.807) is 11.3 Å². The molecule has 2 rings (SSSR count). The smallest absolute Gasteiger partial charge is 0.123 e. The summed E-state index contributed by atoms with van der Waals surface area (Å²) < 4.78 is 0. The molecule has 0 saturated carbocycles. The lowest BCUT2D eigenvalue weighted by atomic mass is 10.2. The van der Waals surface area contributed by atoms with Gasteiger partial charge in [-0.1, -0.05) is 19.1 Å². The van der Waals surface area contributed by atoms with Crippen molar-refractivity contribution in [3.05, 3.63) is 35.3 Å². The van der Waals surface area contributed by atoms with Gasteiger partial charge in [-0.05, 0) is 18.6 Å². The zero-order chi connectivity index (χ0) is 9.97. The highest BCUT2D eigenvalue weighted by Gasteiger charge is 2.03. The maximum Gasteiger partial charge on any atom is 0.123 e. The summed E-state index contributed by atoms with van der Waals surface area (Å²) in [5, 5.41) is 1.05. The van der Waals surface area contributed by atoms with E-state index in [9.17, 15) is 0 Å². The molecule has 0 aliphatic carbocycles. The molecular weight excluding hydrogens is 192 g/mol. The van der Waals surface area contributed by atoms with Gasteiger partial charge >= 0.3 is 0 Å². The molecule has 0 aliphatic heterocycles. The van der Waals surface area contributed by atoms with E-state index >= 15 is 0 Å². The van der Waals surface area contributed by atoms with Crippen LogP contribution >= 0.6 is 11.3 Å². The van der Waals surface area contributed by atoms with E-state index in [0.29, 0.717) is 0 Å². The molecule has 0 amide bonds. The Labute approximate surface area is 87.4 Å². The number of nitrogens with two attached hydrogens (primary N) is 1. The van der Waals surface area contributed by atoms with Crippen molar-refractivity contribution in [2.75, 3.05) is 5.73 Å². The number of nitrogens with zero attached hydrogens (tertiary/aromatic N) is 1. The molecular formula is C11H12N2S. The number of thiazole rings is 1. The van der Waals surface area contributed by atoms with Crippen LogP contribution in [0.4, 0.5) is 5.69 Å². The molecule has 1 heterocycles. The topological polar surface area (TPSA) is 38.9 Å². The maximum atomic E-state index is 5.71. The van der Waals surface area contributed by atoms with Gasteiger partial charge in [0.15, 0.2) is 0 Å². The standard InChI is InChI=1S/C11H12N2S/c1-2-10-7-13-11(14-10)8-4-3-5-9(12)6-8/h3-7H,2,12H2,1H3. The SMILES string of the molecule is CCc1cnc(-c2cccc(N)c2)s1. The predicted octanol–water partition coefficient (Wildman–Crippen LogP) is 2.95. The third kappa shape index (κ3) is 1.77. The fourth-order valence-electron chi connectivity index (χ4n) is 1.28. The second-order valence-corrected chi connectivity index (χ2v) is 4.23. The molecule has 0 spiro atoms. The van der Waals surface area contributed by atoms with Gasteiger partial charge in [0.2, 0.25) is 0 Å². The van der Waals surface area contributed by atoms with Crippen LogP contribution in [0.15, 0.2) is 30.5 Å². The van der Waals surface area contributed by atoms with Gasteiger partial charge in [0.25, 0.3) is 0 Å². The number of hydrogen-bond donors (Lipinski definition) is 1. The number of anilines is 1. The summed E-state index contributed by atoms with van der Waals surface area (Å²) in [6.07, 6.45) is 2.98. The van der Waals surface area contributed by atoms with Crippen LogP contribution in [-0.4, -0.2) is 4.98 Å².